The maximum atomic E-state index is 12.1. The zero-order valence-corrected chi connectivity index (χ0v) is 11.8. The summed E-state index contributed by atoms with van der Waals surface area (Å²) in [6, 6.07) is 2.24. The predicted molar refractivity (Wildman–Crippen MR) is 72.0 cm³/mol. The van der Waals surface area contributed by atoms with E-state index < -0.39 is 5.54 Å². The van der Waals surface area contributed by atoms with E-state index in [0.717, 1.165) is 31.6 Å². The molecule has 0 aromatic rings. The molecule has 0 saturated heterocycles. The number of hydrogen-bond acceptors (Lipinski definition) is 2. The molecule has 2 amide bonds. The first-order valence-corrected chi connectivity index (χ1v) is 7.09. The third kappa shape index (κ3) is 3.38. The Morgan fingerprint density at radius 1 is 1.33 bits per heavy atom. The Kier molecular flexibility index (Phi) is 5.46. The second-order valence-electron chi connectivity index (χ2n) is 5.15. The lowest BCUT2D eigenvalue weighted by Crippen LogP contribution is -2.54. The van der Waals surface area contributed by atoms with E-state index >= 15 is 0 Å². The van der Waals surface area contributed by atoms with Crippen molar-refractivity contribution in [1.29, 1.82) is 5.26 Å². The van der Waals surface area contributed by atoms with Gasteiger partial charge in [0, 0.05) is 13.1 Å². The van der Waals surface area contributed by atoms with Crippen molar-refractivity contribution in [3.05, 3.63) is 0 Å². The Morgan fingerprint density at radius 3 is 2.28 bits per heavy atom. The highest BCUT2D eigenvalue weighted by Gasteiger charge is 2.37. The van der Waals surface area contributed by atoms with Crippen LogP contribution >= 0.6 is 0 Å². The summed E-state index contributed by atoms with van der Waals surface area (Å²) in [5, 5.41) is 12.3. The predicted octanol–water partition coefficient (Wildman–Crippen LogP) is 2.90. The molecule has 0 atom stereocenters. The maximum Gasteiger partial charge on any atom is 0.318 e. The van der Waals surface area contributed by atoms with Crippen LogP contribution in [0.4, 0.5) is 4.79 Å². The molecule has 1 N–H and O–H groups in total. The van der Waals surface area contributed by atoms with E-state index in [1.807, 2.05) is 13.8 Å². The van der Waals surface area contributed by atoms with Crippen LogP contribution in [0.15, 0.2) is 0 Å². The minimum atomic E-state index is -0.634. The molecule has 4 nitrogen and oxygen atoms in total. The number of amides is 2. The number of urea groups is 1. The highest BCUT2D eigenvalue weighted by molar-refractivity contribution is 5.75. The third-order valence-electron chi connectivity index (χ3n) is 4.15. The fourth-order valence-electron chi connectivity index (χ4n) is 2.64. The Morgan fingerprint density at radius 2 is 1.89 bits per heavy atom. The molecule has 4 heteroatoms. The molecule has 0 heterocycles. The van der Waals surface area contributed by atoms with Gasteiger partial charge in [-0.2, -0.15) is 5.26 Å². The van der Waals surface area contributed by atoms with E-state index in [2.05, 4.69) is 18.3 Å². The van der Waals surface area contributed by atoms with E-state index in [1.165, 1.54) is 6.42 Å². The number of nitrogens with one attached hydrogen (secondary N) is 1. The Hall–Kier alpha value is -1.24. The molecule has 1 saturated carbocycles. The lowest BCUT2D eigenvalue weighted by Gasteiger charge is -2.36. The normalized spacial score (nSPS) is 27.3. The second kappa shape index (κ2) is 6.63. The van der Waals surface area contributed by atoms with Gasteiger partial charge in [-0.1, -0.05) is 13.3 Å². The highest BCUT2D eigenvalue weighted by Crippen LogP contribution is 2.33. The molecular formula is C14H25N3O. The fraction of sp³-hybridized carbons (Fsp3) is 0.857. The smallest absolute Gasteiger partial charge is 0.318 e. The Balaban J connectivity index is 2.62. The van der Waals surface area contributed by atoms with Crippen molar-refractivity contribution in [2.45, 2.75) is 58.4 Å². The van der Waals surface area contributed by atoms with Gasteiger partial charge in [-0.3, -0.25) is 0 Å². The minimum absolute atomic E-state index is 0.100. The van der Waals surface area contributed by atoms with Crippen molar-refractivity contribution in [3.63, 3.8) is 0 Å². The number of nitriles is 1. The molecule has 102 valence electrons. The van der Waals surface area contributed by atoms with E-state index in [0.29, 0.717) is 13.1 Å². The van der Waals surface area contributed by atoms with E-state index in [4.69, 9.17) is 0 Å². The topological polar surface area (TPSA) is 56.1 Å². The molecule has 0 aliphatic heterocycles. The van der Waals surface area contributed by atoms with Gasteiger partial charge < -0.3 is 10.2 Å². The fourth-order valence-corrected chi connectivity index (χ4v) is 2.64. The maximum absolute atomic E-state index is 12.1. The van der Waals surface area contributed by atoms with Crippen LogP contribution in [0.5, 0.6) is 0 Å². The van der Waals surface area contributed by atoms with Crippen molar-refractivity contribution < 1.29 is 4.79 Å². The van der Waals surface area contributed by atoms with Crippen molar-refractivity contribution in [2.24, 2.45) is 5.92 Å². The number of carbonyl (C=O) groups excluding carboxylic acids is 1. The molecule has 0 spiro atoms. The van der Waals surface area contributed by atoms with Crippen LogP contribution in [0.2, 0.25) is 0 Å². The van der Waals surface area contributed by atoms with Gasteiger partial charge in [0.1, 0.15) is 5.54 Å². The Labute approximate surface area is 110 Å². The zero-order valence-electron chi connectivity index (χ0n) is 11.8. The zero-order chi connectivity index (χ0) is 13.6. The SMILES string of the molecule is CCC1CCC(C#N)(NC(=O)N(CC)CC)CC1. The number of hydrogen-bond donors (Lipinski definition) is 1. The summed E-state index contributed by atoms with van der Waals surface area (Å²) in [4.78, 5) is 13.8. The van der Waals surface area contributed by atoms with Crippen molar-refractivity contribution in [1.82, 2.24) is 10.2 Å². The van der Waals surface area contributed by atoms with Crippen LogP contribution < -0.4 is 5.32 Å². The highest BCUT2D eigenvalue weighted by atomic mass is 16.2. The van der Waals surface area contributed by atoms with Crippen LogP contribution in [-0.2, 0) is 0 Å². The summed E-state index contributed by atoms with van der Waals surface area (Å²) in [5.74, 6) is 0.719. The summed E-state index contributed by atoms with van der Waals surface area (Å²) in [7, 11) is 0. The second-order valence-corrected chi connectivity index (χ2v) is 5.15. The van der Waals surface area contributed by atoms with Gasteiger partial charge in [-0.25, -0.2) is 4.79 Å². The van der Waals surface area contributed by atoms with Crippen molar-refractivity contribution in [2.75, 3.05) is 13.1 Å². The van der Waals surface area contributed by atoms with Gasteiger partial charge >= 0.3 is 6.03 Å². The molecular weight excluding hydrogens is 226 g/mol. The lowest BCUT2D eigenvalue weighted by molar-refractivity contribution is 0.177. The van der Waals surface area contributed by atoms with Gasteiger partial charge in [-0.15, -0.1) is 0 Å². The van der Waals surface area contributed by atoms with E-state index in [1.54, 1.807) is 4.90 Å². The van der Waals surface area contributed by atoms with Crippen molar-refractivity contribution >= 4 is 6.03 Å². The number of carbonyl (C=O) groups is 1. The third-order valence-corrected chi connectivity index (χ3v) is 4.15. The molecule has 0 aromatic heterocycles. The first-order chi connectivity index (χ1) is 8.60. The summed E-state index contributed by atoms with van der Waals surface area (Å²) in [6.45, 7) is 7.47. The van der Waals surface area contributed by atoms with Gasteiger partial charge in [0.25, 0.3) is 0 Å². The van der Waals surface area contributed by atoms with Gasteiger partial charge in [-0.05, 0) is 45.4 Å². The largest absolute Gasteiger partial charge is 0.325 e. The molecule has 1 aliphatic carbocycles. The van der Waals surface area contributed by atoms with E-state index in [9.17, 15) is 10.1 Å². The monoisotopic (exact) mass is 251 g/mol. The molecule has 18 heavy (non-hydrogen) atoms. The Bertz CT molecular complexity index is 309. The minimum Gasteiger partial charge on any atom is -0.325 e. The summed E-state index contributed by atoms with van der Waals surface area (Å²) >= 11 is 0. The van der Waals surface area contributed by atoms with Crippen LogP contribution in [0.1, 0.15) is 52.9 Å². The average Bonchev–Trinajstić information content (AvgIpc) is 2.41. The molecule has 0 unspecified atom stereocenters. The van der Waals surface area contributed by atoms with Crippen LogP contribution in [0, 0.1) is 17.2 Å². The molecule has 0 aromatic carbocycles. The van der Waals surface area contributed by atoms with Gasteiger partial charge in [0.2, 0.25) is 0 Å². The van der Waals surface area contributed by atoms with Crippen LogP contribution in [-0.4, -0.2) is 29.6 Å². The molecule has 1 aliphatic rings. The number of rotatable bonds is 4. The summed E-state index contributed by atoms with van der Waals surface area (Å²) < 4.78 is 0. The quantitative estimate of drug-likeness (QED) is 0.835. The van der Waals surface area contributed by atoms with Gasteiger partial charge in [0.15, 0.2) is 0 Å². The molecule has 1 rings (SSSR count). The first kappa shape index (κ1) is 14.8. The van der Waals surface area contributed by atoms with E-state index in [-0.39, 0.29) is 6.03 Å². The molecule has 0 bridgehead atoms. The molecule has 0 radical (unpaired) electrons. The standard InChI is InChI=1S/C14H25N3O/c1-4-12-7-9-14(11-15,10-8-12)16-13(18)17(5-2)6-3/h12H,4-10H2,1-3H3,(H,16,18). The number of nitrogens with zero attached hydrogens (tertiary/aromatic N) is 2. The summed E-state index contributed by atoms with van der Waals surface area (Å²) in [5.41, 5.74) is -0.634. The average molecular weight is 251 g/mol. The lowest BCUT2D eigenvalue weighted by atomic mass is 9.76. The first-order valence-electron chi connectivity index (χ1n) is 7.09. The van der Waals surface area contributed by atoms with Gasteiger partial charge in [0.05, 0.1) is 6.07 Å². The van der Waals surface area contributed by atoms with Crippen LogP contribution in [0.25, 0.3) is 0 Å². The van der Waals surface area contributed by atoms with Crippen molar-refractivity contribution in [3.8, 4) is 6.07 Å². The van der Waals surface area contributed by atoms with Crippen LogP contribution in [0.3, 0.4) is 0 Å². The summed E-state index contributed by atoms with van der Waals surface area (Å²) in [6.07, 6.45) is 4.83. The molecule has 1 fully saturated rings.